The number of pyridine rings is 1. The predicted molar refractivity (Wildman–Crippen MR) is 64.5 cm³/mol. The van der Waals surface area contributed by atoms with Gasteiger partial charge in [0.1, 0.15) is 0 Å². The second-order valence-electron chi connectivity index (χ2n) is 4.88. The molecule has 4 nitrogen and oxygen atoms in total. The molecular weight excluding hydrogens is 216 g/mol. The van der Waals surface area contributed by atoms with Gasteiger partial charge in [0.05, 0.1) is 5.92 Å². The van der Waals surface area contributed by atoms with Gasteiger partial charge in [-0.15, -0.1) is 0 Å². The van der Waals surface area contributed by atoms with Crippen LogP contribution in [0.1, 0.15) is 18.1 Å². The smallest absolute Gasteiger partial charge is 0.306 e. The lowest BCUT2D eigenvalue weighted by Gasteiger charge is -2.41. The van der Waals surface area contributed by atoms with Gasteiger partial charge in [-0.25, -0.2) is 0 Å². The lowest BCUT2D eigenvalue weighted by atomic mass is 9.87. The Hall–Kier alpha value is -1.42. The molecule has 0 saturated carbocycles. The minimum atomic E-state index is -0.688. The third-order valence-corrected chi connectivity index (χ3v) is 3.62. The molecule has 17 heavy (non-hydrogen) atoms. The fraction of sp³-hybridized carbons (Fsp3) is 0.538. The Kier molecular flexibility index (Phi) is 3.43. The lowest BCUT2D eigenvalue weighted by molar-refractivity contribution is -0.145. The van der Waals surface area contributed by atoms with Crippen LogP contribution in [0.5, 0.6) is 0 Å². The zero-order valence-electron chi connectivity index (χ0n) is 10.3. The molecule has 1 aromatic heterocycles. The van der Waals surface area contributed by atoms with Crippen molar-refractivity contribution in [3.8, 4) is 0 Å². The summed E-state index contributed by atoms with van der Waals surface area (Å²) in [6.45, 7) is 6.50. The molecule has 1 aliphatic heterocycles. The van der Waals surface area contributed by atoms with Gasteiger partial charge in [-0.1, -0.05) is 6.92 Å². The van der Waals surface area contributed by atoms with E-state index in [-0.39, 0.29) is 5.92 Å². The first-order valence-electron chi connectivity index (χ1n) is 5.92. The average Bonchev–Trinajstić information content (AvgIpc) is 2.24. The Labute approximate surface area is 101 Å². The highest BCUT2D eigenvalue weighted by atomic mass is 16.4. The summed E-state index contributed by atoms with van der Waals surface area (Å²) in [4.78, 5) is 17.2. The largest absolute Gasteiger partial charge is 0.481 e. The molecule has 1 aliphatic rings. The van der Waals surface area contributed by atoms with Crippen LogP contribution in [0.15, 0.2) is 18.5 Å². The van der Waals surface area contributed by atoms with Crippen molar-refractivity contribution < 1.29 is 9.90 Å². The van der Waals surface area contributed by atoms with Crippen LogP contribution in [0.3, 0.4) is 0 Å². The van der Waals surface area contributed by atoms with Crippen molar-refractivity contribution in [2.75, 3.05) is 13.1 Å². The monoisotopic (exact) mass is 234 g/mol. The molecule has 0 amide bonds. The second kappa shape index (κ2) is 4.84. The van der Waals surface area contributed by atoms with Crippen molar-refractivity contribution in [2.45, 2.75) is 20.4 Å². The molecule has 0 aliphatic carbocycles. The van der Waals surface area contributed by atoms with Crippen LogP contribution < -0.4 is 0 Å². The van der Waals surface area contributed by atoms with Crippen LogP contribution in [-0.2, 0) is 11.3 Å². The molecule has 1 unspecified atom stereocenters. The summed E-state index contributed by atoms with van der Waals surface area (Å²) < 4.78 is 0. The number of likely N-dealkylation sites (tertiary alicyclic amines) is 1. The molecule has 4 heteroatoms. The lowest BCUT2D eigenvalue weighted by Crippen LogP contribution is -2.50. The molecule has 2 heterocycles. The molecule has 0 bridgehead atoms. The highest BCUT2D eigenvalue weighted by Crippen LogP contribution is 2.25. The van der Waals surface area contributed by atoms with E-state index in [1.807, 2.05) is 12.3 Å². The number of hydrogen-bond donors (Lipinski definition) is 1. The molecule has 1 fully saturated rings. The Balaban J connectivity index is 1.85. The maximum atomic E-state index is 10.8. The van der Waals surface area contributed by atoms with Gasteiger partial charge in [0.15, 0.2) is 0 Å². The summed E-state index contributed by atoms with van der Waals surface area (Å²) in [5.41, 5.74) is 2.48. The van der Waals surface area contributed by atoms with Crippen LogP contribution in [0.4, 0.5) is 0 Å². The van der Waals surface area contributed by atoms with Crippen molar-refractivity contribution in [3.05, 3.63) is 29.6 Å². The third-order valence-electron chi connectivity index (χ3n) is 3.62. The van der Waals surface area contributed by atoms with Gasteiger partial charge in [0.25, 0.3) is 0 Å². The molecule has 1 N–H and O–H groups in total. The summed E-state index contributed by atoms with van der Waals surface area (Å²) in [5.74, 6) is -0.627. The average molecular weight is 234 g/mol. The molecule has 0 aromatic carbocycles. The number of aromatic nitrogens is 1. The number of carboxylic acid groups (broad SMARTS) is 1. The van der Waals surface area contributed by atoms with Gasteiger partial charge in [0.2, 0.25) is 0 Å². The van der Waals surface area contributed by atoms with Crippen molar-refractivity contribution in [2.24, 2.45) is 11.8 Å². The molecule has 0 radical (unpaired) electrons. The summed E-state index contributed by atoms with van der Waals surface area (Å²) >= 11 is 0. The second-order valence-corrected chi connectivity index (χ2v) is 4.88. The topological polar surface area (TPSA) is 53.4 Å². The summed E-state index contributed by atoms with van der Waals surface area (Å²) in [6, 6.07) is 2.01. The van der Waals surface area contributed by atoms with Gasteiger partial charge in [0, 0.05) is 32.0 Å². The zero-order valence-corrected chi connectivity index (χ0v) is 10.3. The highest BCUT2D eigenvalue weighted by molar-refractivity contribution is 5.70. The van der Waals surface area contributed by atoms with E-state index in [1.165, 1.54) is 11.1 Å². The number of carboxylic acids is 1. The summed E-state index contributed by atoms with van der Waals surface area (Å²) in [7, 11) is 0. The molecule has 2 rings (SSSR count). The Bertz CT molecular complexity index is 414. The Morgan fingerprint density at radius 3 is 2.94 bits per heavy atom. The predicted octanol–water partition coefficient (Wildman–Crippen LogP) is 1.54. The minimum Gasteiger partial charge on any atom is -0.481 e. The van der Waals surface area contributed by atoms with E-state index in [0.29, 0.717) is 5.92 Å². The Morgan fingerprint density at radius 1 is 1.65 bits per heavy atom. The quantitative estimate of drug-likeness (QED) is 0.858. The van der Waals surface area contributed by atoms with Crippen molar-refractivity contribution >= 4 is 5.97 Å². The van der Waals surface area contributed by atoms with E-state index in [9.17, 15) is 4.79 Å². The first-order valence-corrected chi connectivity index (χ1v) is 5.92. The molecule has 1 atom stereocenters. The zero-order chi connectivity index (χ0) is 12.4. The molecule has 1 saturated heterocycles. The fourth-order valence-electron chi connectivity index (χ4n) is 2.16. The van der Waals surface area contributed by atoms with Gasteiger partial charge >= 0.3 is 5.97 Å². The van der Waals surface area contributed by atoms with Crippen LogP contribution in [0, 0.1) is 18.8 Å². The van der Waals surface area contributed by atoms with Crippen molar-refractivity contribution in [1.82, 2.24) is 9.88 Å². The molecular formula is C13H18N2O2. The number of nitrogens with zero attached hydrogens (tertiary/aromatic N) is 2. The maximum Gasteiger partial charge on any atom is 0.306 e. The first-order chi connectivity index (χ1) is 8.08. The number of carbonyl (C=O) groups is 1. The fourth-order valence-corrected chi connectivity index (χ4v) is 2.16. The standard InChI is InChI=1S/C13H18N2O2/c1-9-3-4-14-5-11(9)6-15-7-12(8-15)10(2)13(16)17/h3-5,10,12H,6-8H2,1-2H3,(H,16,17). The highest BCUT2D eigenvalue weighted by Gasteiger charge is 2.34. The van der Waals surface area contributed by atoms with E-state index >= 15 is 0 Å². The maximum absolute atomic E-state index is 10.8. The summed E-state index contributed by atoms with van der Waals surface area (Å²) in [5, 5.41) is 8.91. The van der Waals surface area contributed by atoms with Crippen molar-refractivity contribution in [1.29, 1.82) is 0 Å². The van der Waals surface area contributed by atoms with E-state index in [0.717, 1.165) is 19.6 Å². The number of hydrogen-bond acceptors (Lipinski definition) is 3. The van der Waals surface area contributed by atoms with Gasteiger partial charge < -0.3 is 5.11 Å². The first kappa shape index (κ1) is 12.0. The number of rotatable bonds is 4. The summed E-state index contributed by atoms with van der Waals surface area (Å²) in [6.07, 6.45) is 3.69. The normalized spacial score (nSPS) is 18.7. The number of aryl methyl sites for hydroxylation is 1. The Morgan fingerprint density at radius 2 is 2.35 bits per heavy atom. The number of aliphatic carboxylic acids is 1. The third kappa shape index (κ3) is 2.64. The van der Waals surface area contributed by atoms with E-state index in [1.54, 1.807) is 13.1 Å². The van der Waals surface area contributed by atoms with Crippen LogP contribution in [0.2, 0.25) is 0 Å². The molecule has 1 aromatic rings. The molecule has 0 spiro atoms. The minimum absolute atomic E-state index is 0.235. The van der Waals surface area contributed by atoms with E-state index in [4.69, 9.17) is 5.11 Å². The van der Waals surface area contributed by atoms with Gasteiger partial charge in [-0.3, -0.25) is 14.7 Å². The van der Waals surface area contributed by atoms with Crippen LogP contribution >= 0.6 is 0 Å². The van der Waals surface area contributed by atoms with Gasteiger partial charge in [-0.2, -0.15) is 0 Å². The molecule has 92 valence electrons. The van der Waals surface area contributed by atoms with E-state index < -0.39 is 5.97 Å². The van der Waals surface area contributed by atoms with Gasteiger partial charge in [-0.05, 0) is 30.0 Å². The van der Waals surface area contributed by atoms with Crippen molar-refractivity contribution in [3.63, 3.8) is 0 Å². The van der Waals surface area contributed by atoms with Crippen LogP contribution in [-0.4, -0.2) is 34.0 Å². The van der Waals surface area contributed by atoms with Crippen LogP contribution in [0.25, 0.3) is 0 Å². The SMILES string of the molecule is Cc1ccncc1CN1CC(C(C)C(=O)O)C1. The van der Waals surface area contributed by atoms with E-state index in [2.05, 4.69) is 16.8 Å².